The summed E-state index contributed by atoms with van der Waals surface area (Å²) in [7, 11) is 0. The lowest BCUT2D eigenvalue weighted by molar-refractivity contribution is -0.181. The average molecular weight is 320 g/mol. The molecule has 0 spiro atoms. The predicted molar refractivity (Wildman–Crippen MR) is 82.3 cm³/mol. The van der Waals surface area contributed by atoms with Crippen molar-refractivity contribution in [2.45, 2.75) is 89.0 Å². The summed E-state index contributed by atoms with van der Waals surface area (Å²) >= 11 is 0. The van der Waals surface area contributed by atoms with Crippen LogP contribution in [0.5, 0.6) is 0 Å². The summed E-state index contributed by atoms with van der Waals surface area (Å²) in [5, 5.41) is 37.9. The first kappa shape index (κ1) is 19.8. The van der Waals surface area contributed by atoms with Gasteiger partial charge in [-0.3, -0.25) is 0 Å². The van der Waals surface area contributed by atoms with Gasteiger partial charge in [-0.05, 0) is 6.42 Å². The fourth-order valence-electron chi connectivity index (χ4n) is 2.67. The number of hydrogen-bond acceptors (Lipinski definition) is 6. The Labute approximate surface area is 133 Å². The van der Waals surface area contributed by atoms with Crippen molar-refractivity contribution in [3.8, 4) is 0 Å². The summed E-state index contributed by atoms with van der Waals surface area (Å²) in [5.41, 5.74) is 0. The molecule has 1 aliphatic rings. The van der Waals surface area contributed by atoms with Crippen LogP contribution in [-0.4, -0.2) is 64.3 Å². The lowest BCUT2D eigenvalue weighted by atomic mass is 10.1. The fraction of sp³-hybridized carbons (Fsp3) is 1.00. The van der Waals surface area contributed by atoms with Crippen LogP contribution >= 0.6 is 0 Å². The van der Waals surface area contributed by atoms with Gasteiger partial charge in [0.05, 0.1) is 6.61 Å². The van der Waals surface area contributed by atoms with E-state index in [9.17, 15) is 15.3 Å². The second kappa shape index (κ2) is 11.3. The zero-order chi connectivity index (χ0) is 16.4. The van der Waals surface area contributed by atoms with E-state index in [1.54, 1.807) is 0 Å². The molecule has 1 heterocycles. The van der Waals surface area contributed by atoms with Gasteiger partial charge < -0.3 is 29.9 Å². The van der Waals surface area contributed by atoms with E-state index in [0.717, 1.165) is 12.8 Å². The van der Waals surface area contributed by atoms with Crippen molar-refractivity contribution in [1.82, 2.24) is 0 Å². The predicted octanol–water partition coefficient (Wildman–Crippen LogP) is 0.944. The van der Waals surface area contributed by atoms with Crippen molar-refractivity contribution < 1.29 is 29.9 Å². The Hall–Kier alpha value is -0.240. The molecule has 0 aliphatic carbocycles. The molecule has 0 amide bonds. The van der Waals surface area contributed by atoms with Gasteiger partial charge in [0.25, 0.3) is 0 Å². The van der Waals surface area contributed by atoms with Crippen molar-refractivity contribution in [3.05, 3.63) is 0 Å². The topological polar surface area (TPSA) is 99.4 Å². The highest BCUT2D eigenvalue weighted by atomic mass is 16.7. The minimum atomic E-state index is -1.24. The largest absolute Gasteiger partial charge is 0.394 e. The van der Waals surface area contributed by atoms with Crippen LogP contribution < -0.4 is 0 Å². The molecule has 6 heteroatoms. The molecule has 0 aromatic heterocycles. The quantitative estimate of drug-likeness (QED) is 0.400. The van der Waals surface area contributed by atoms with E-state index in [2.05, 4.69) is 6.92 Å². The van der Waals surface area contributed by atoms with E-state index in [-0.39, 0.29) is 0 Å². The third-order valence-electron chi connectivity index (χ3n) is 4.10. The fourth-order valence-corrected chi connectivity index (χ4v) is 2.67. The molecule has 0 bridgehead atoms. The first-order valence-electron chi connectivity index (χ1n) is 8.54. The van der Waals surface area contributed by atoms with E-state index in [1.165, 1.54) is 38.5 Å². The van der Waals surface area contributed by atoms with Crippen molar-refractivity contribution in [1.29, 1.82) is 0 Å². The molecule has 0 radical (unpaired) electrons. The van der Waals surface area contributed by atoms with Crippen molar-refractivity contribution >= 4 is 0 Å². The van der Waals surface area contributed by atoms with Gasteiger partial charge in [0.15, 0.2) is 6.29 Å². The summed E-state index contributed by atoms with van der Waals surface area (Å²) < 4.78 is 10.7. The van der Waals surface area contributed by atoms with Crippen LogP contribution in [0.4, 0.5) is 0 Å². The summed E-state index contributed by atoms with van der Waals surface area (Å²) in [4.78, 5) is 0. The monoisotopic (exact) mass is 320 g/mol. The van der Waals surface area contributed by atoms with Gasteiger partial charge in [0.2, 0.25) is 0 Å². The van der Waals surface area contributed by atoms with Crippen LogP contribution in [0.2, 0.25) is 0 Å². The molecule has 6 nitrogen and oxygen atoms in total. The van der Waals surface area contributed by atoms with Crippen LogP contribution in [0.3, 0.4) is 0 Å². The van der Waals surface area contributed by atoms with Crippen LogP contribution in [0.1, 0.15) is 58.3 Å². The first-order valence-corrected chi connectivity index (χ1v) is 8.54. The molecule has 1 fully saturated rings. The van der Waals surface area contributed by atoms with E-state index in [4.69, 9.17) is 14.6 Å². The molecule has 1 rings (SSSR count). The molecule has 4 N–H and O–H groups in total. The Morgan fingerprint density at radius 1 is 0.955 bits per heavy atom. The normalized spacial score (nSPS) is 29.9. The number of unbranched alkanes of at least 4 members (excludes halogenated alkanes) is 7. The molecule has 0 aromatic carbocycles. The van der Waals surface area contributed by atoms with Gasteiger partial charge in [-0.15, -0.1) is 0 Å². The number of rotatable bonds is 12. The Morgan fingerprint density at radius 3 is 2.14 bits per heavy atom. The van der Waals surface area contributed by atoms with Crippen molar-refractivity contribution in [3.63, 3.8) is 0 Å². The average Bonchev–Trinajstić information content (AvgIpc) is 2.81. The molecular weight excluding hydrogens is 288 g/mol. The smallest absolute Gasteiger partial charge is 0.186 e. The van der Waals surface area contributed by atoms with Crippen LogP contribution in [0.25, 0.3) is 0 Å². The number of hydrogen-bond donors (Lipinski definition) is 4. The molecule has 0 saturated carbocycles. The Bertz CT molecular complexity index is 275. The minimum Gasteiger partial charge on any atom is -0.394 e. The molecule has 0 unspecified atom stereocenters. The zero-order valence-electron chi connectivity index (χ0n) is 13.6. The Kier molecular flexibility index (Phi) is 10.2. The van der Waals surface area contributed by atoms with Gasteiger partial charge in [-0.2, -0.15) is 0 Å². The number of aliphatic hydroxyl groups is 4. The molecule has 0 aromatic rings. The third kappa shape index (κ3) is 6.48. The zero-order valence-corrected chi connectivity index (χ0v) is 13.6. The molecule has 22 heavy (non-hydrogen) atoms. The summed E-state index contributed by atoms with van der Waals surface area (Å²) in [6.07, 6.45) is 3.92. The Morgan fingerprint density at radius 2 is 1.55 bits per heavy atom. The maximum absolute atomic E-state index is 9.80. The van der Waals surface area contributed by atoms with Gasteiger partial charge in [0.1, 0.15) is 24.4 Å². The summed E-state index contributed by atoms with van der Waals surface area (Å²) in [6, 6.07) is 0. The SMILES string of the molecule is CCCCCCCCCCO[C@@H]1O[C@H]([C@H](O)CO)[C@H](O)[C@@H]1O. The van der Waals surface area contributed by atoms with Crippen molar-refractivity contribution in [2.24, 2.45) is 0 Å². The maximum Gasteiger partial charge on any atom is 0.186 e. The lowest BCUT2D eigenvalue weighted by Gasteiger charge is -2.18. The Balaban J connectivity index is 2.07. The highest BCUT2D eigenvalue weighted by Crippen LogP contribution is 2.24. The van der Waals surface area contributed by atoms with E-state index < -0.39 is 37.3 Å². The minimum absolute atomic E-state index is 0.450. The highest BCUT2D eigenvalue weighted by Gasteiger charge is 2.46. The number of ether oxygens (including phenoxy) is 2. The van der Waals surface area contributed by atoms with Crippen LogP contribution in [-0.2, 0) is 9.47 Å². The third-order valence-corrected chi connectivity index (χ3v) is 4.10. The van der Waals surface area contributed by atoms with Gasteiger partial charge in [-0.1, -0.05) is 51.9 Å². The lowest BCUT2D eigenvalue weighted by Crippen LogP contribution is -2.40. The highest BCUT2D eigenvalue weighted by molar-refractivity contribution is 4.90. The second-order valence-corrected chi connectivity index (χ2v) is 6.05. The van der Waals surface area contributed by atoms with Crippen LogP contribution in [0.15, 0.2) is 0 Å². The molecule has 1 saturated heterocycles. The molecule has 132 valence electrons. The van der Waals surface area contributed by atoms with Crippen molar-refractivity contribution in [2.75, 3.05) is 13.2 Å². The maximum atomic E-state index is 9.80. The molecule has 1 aliphatic heterocycles. The van der Waals surface area contributed by atoms with Gasteiger partial charge in [0, 0.05) is 6.61 Å². The standard InChI is InChI=1S/C16H32O6/c1-2-3-4-5-6-7-8-9-10-21-16-14(20)13(19)15(22-16)12(18)11-17/h12-20H,2-11H2,1H3/t12-,13-,14+,15-,16-/m1/s1. The van der Waals surface area contributed by atoms with E-state index in [1.807, 2.05) is 0 Å². The van der Waals surface area contributed by atoms with Gasteiger partial charge in [-0.25, -0.2) is 0 Å². The molecule has 5 atom stereocenters. The first-order chi connectivity index (χ1) is 10.6. The molecular formula is C16H32O6. The number of aliphatic hydroxyl groups excluding tert-OH is 4. The van der Waals surface area contributed by atoms with E-state index >= 15 is 0 Å². The summed E-state index contributed by atoms with van der Waals surface area (Å²) in [5.74, 6) is 0. The second-order valence-electron chi connectivity index (χ2n) is 6.05. The van der Waals surface area contributed by atoms with Crippen LogP contribution in [0, 0.1) is 0 Å². The summed E-state index contributed by atoms with van der Waals surface area (Å²) in [6.45, 7) is 2.13. The van der Waals surface area contributed by atoms with E-state index in [0.29, 0.717) is 6.61 Å². The van der Waals surface area contributed by atoms with Gasteiger partial charge >= 0.3 is 0 Å².